The molecule has 21 heavy (non-hydrogen) atoms. The largest absolute Gasteiger partial charge is 0.486 e. The summed E-state index contributed by atoms with van der Waals surface area (Å²) in [6.45, 7) is 0.138. The summed E-state index contributed by atoms with van der Waals surface area (Å²) >= 11 is 0. The van der Waals surface area contributed by atoms with Crippen LogP contribution in [0.3, 0.4) is 0 Å². The Labute approximate surface area is 120 Å². The molecule has 3 aromatic rings. The highest BCUT2D eigenvalue weighted by Gasteiger charge is 2.05. The maximum atomic E-state index is 11.9. The Morgan fingerprint density at radius 2 is 2.00 bits per heavy atom. The quantitative estimate of drug-likeness (QED) is 0.735. The van der Waals surface area contributed by atoms with E-state index in [9.17, 15) is 4.79 Å². The Kier molecular flexibility index (Phi) is 3.36. The summed E-state index contributed by atoms with van der Waals surface area (Å²) in [5, 5.41) is 9.00. The molecule has 2 aromatic heterocycles. The van der Waals surface area contributed by atoms with Crippen LogP contribution in [0.4, 0.5) is 0 Å². The first-order chi connectivity index (χ1) is 10.3. The van der Waals surface area contributed by atoms with E-state index in [0.29, 0.717) is 22.7 Å². The van der Waals surface area contributed by atoms with Gasteiger partial charge in [-0.2, -0.15) is 5.26 Å². The van der Waals surface area contributed by atoms with Crippen molar-refractivity contribution in [3.63, 3.8) is 0 Å². The summed E-state index contributed by atoms with van der Waals surface area (Å²) in [7, 11) is 0. The second-order valence-corrected chi connectivity index (χ2v) is 4.41. The molecule has 0 fully saturated rings. The predicted octanol–water partition coefficient (Wildman–Crippen LogP) is 2.15. The summed E-state index contributed by atoms with van der Waals surface area (Å²) in [6, 6.07) is 15.8. The number of benzene rings is 1. The predicted molar refractivity (Wildman–Crippen MR) is 77.0 cm³/mol. The van der Waals surface area contributed by atoms with E-state index < -0.39 is 0 Å². The van der Waals surface area contributed by atoms with E-state index >= 15 is 0 Å². The molecule has 0 saturated heterocycles. The second kappa shape index (κ2) is 5.47. The molecule has 1 aromatic carbocycles. The summed E-state index contributed by atoms with van der Waals surface area (Å²) < 4.78 is 7.05. The van der Waals surface area contributed by atoms with Gasteiger partial charge >= 0.3 is 0 Å². The van der Waals surface area contributed by atoms with Crippen molar-refractivity contribution in [3.05, 3.63) is 76.3 Å². The number of nitriles is 1. The van der Waals surface area contributed by atoms with Crippen molar-refractivity contribution >= 4 is 5.65 Å². The zero-order valence-electron chi connectivity index (χ0n) is 11.1. The highest BCUT2D eigenvalue weighted by molar-refractivity contribution is 5.42. The van der Waals surface area contributed by atoms with Crippen LogP contribution in [-0.2, 0) is 6.61 Å². The molecule has 3 rings (SSSR count). The first-order valence-electron chi connectivity index (χ1n) is 6.37. The van der Waals surface area contributed by atoms with E-state index in [1.54, 1.807) is 42.6 Å². The van der Waals surface area contributed by atoms with Crippen molar-refractivity contribution in [2.24, 2.45) is 0 Å². The molecule has 0 spiro atoms. The van der Waals surface area contributed by atoms with Crippen LogP contribution in [-0.4, -0.2) is 9.38 Å². The fourth-order valence-corrected chi connectivity index (χ4v) is 2.01. The molecule has 102 valence electrons. The fraction of sp³-hybridized carbons (Fsp3) is 0.0625. The third kappa shape index (κ3) is 2.60. The van der Waals surface area contributed by atoms with Crippen LogP contribution in [0.25, 0.3) is 5.65 Å². The molecule has 2 heterocycles. The van der Waals surface area contributed by atoms with Crippen molar-refractivity contribution in [3.8, 4) is 11.8 Å². The van der Waals surface area contributed by atoms with E-state index in [4.69, 9.17) is 10.00 Å². The molecular formula is C16H11N3O2. The molecule has 0 aliphatic rings. The summed E-state index contributed by atoms with van der Waals surface area (Å²) in [4.78, 5) is 16.3. The van der Waals surface area contributed by atoms with Gasteiger partial charge in [-0.15, -0.1) is 0 Å². The molecule has 0 aliphatic heterocycles. The van der Waals surface area contributed by atoms with Crippen LogP contribution in [0.15, 0.2) is 59.5 Å². The number of aromatic nitrogens is 2. The summed E-state index contributed by atoms with van der Waals surface area (Å²) in [6.07, 6.45) is 1.67. The molecule has 0 atom stereocenters. The van der Waals surface area contributed by atoms with E-state index in [1.165, 1.54) is 10.5 Å². The van der Waals surface area contributed by atoms with Crippen LogP contribution in [0.1, 0.15) is 11.3 Å². The first-order valence-corrected chi connectivity index (χ1v) is 6.37. The number of para-hydroxylation sites is 1. The Bertz CT molecular complexity index is 894. The van der Waals surface area contributed by atoms with Crippen LogP contribution < -0.4 is 10.3 Å². The van der Waals surface area contributed by atoms with Crippen LogP contribution in [0.5, 0.6) is 5.75 Å². The van der Waals surface area contributed by atoms with Gasteiger partial charge < -0.3 is 4.74 Å². The van der Waals surface area contributed by atoms with Gasteiger partial charge in [-0.1, -0.05) is 18.2 Å². The lowest BCUT2D eigenvalue weighted by Crippen LogP contribution is -2.16. The van der Waals surface area contributed by atoms with Gasteiger partial charge in [-0.05, 0) is 24.3 Å². The molecular weight excluding hydrogens is 266 g/mol. The number of pyridine rings is 1. The Hall–Kier alpha value is -3.13. The van der Waals surface area contributed by atoms with Crippen molar-refractivity contribution in [2.45, 2.75) is 6.61 Å². The lowest BCUT2D eigenvalue weighted by molar-refractivity contribution is 0.300. The van der Waals surface area contributed by atoms with Gasteiger partial charge in [0.15, 0.2) is 0 Å². The maximum Gasteiger partial charge on any atom is 0.258 e. The molecule has 0 amide bonds. The molecule has 0 N–H and O–H groups in total. The zero-order chi connectivity index (χ0) is 14.7. The van der Waals surface area contributed by atoms with E-state index in [-0.39, 0.29) is 12.2 Å². The molecule has 5 heteroatoms. The van der Waals surface area contributed by atoms with E-state index in [0.717, 1.165) is 0 Å². The van der Waals surface area contributed by atoms with Gasteiger partial charge in [0.05, 0.1) is 11.3 Å². The lowest BCUT2D eigenvalue weighted by Gasteiger charge is -2.08. The van der Waals surface area contributed by atoms with Gasteiger partial charge in [-0.3, -0.25) is 9.20 Å². The fourth-order valence-electron chi connectivity index (χ4n) is 2.01. The maximum absolute atomic E-state index is 11.9. The molecule has 0 radical (unpaired) electrons. The highest BCUT2D eigenvalue weighted by atomic mass is 16.5. The minimum Gasteiger partial charge on any atom is -0.486 e. The number of fused-ring (bicyclic) bond motifs is 1. The Morgan fingerprint density at radius 1 is 1.19 bits per heavy atom. The second-order valence-electron chi connectivity index (χ2n) is 4.41. The Balaban J connectivity index is 1.89. The number of rotatable bonds is 3. The van der Waals surface area contributed by atoms with Gasteiger partial charge in [-0.25, -0.2) is 4.98 Å². The van der Waals surface area contributed by atoms with Crippen molar-refractivity contribution in [1.82, 2.24) is 9.38 Å². The summed E-state index contributed by atoms with van der Waals surface area (Å²) in [5.41, 5.74) is 1.39. The van der Waals surface area contributed by atoms with Crippen LogP contribution >= 0.6 is 0 Å². The molecule has 0 bridgehead atoms. The lowest BCUT2D eigenvalue weighted by atomic mass is 10.2. The molecule has 0 unspecified atom stereocenters. The third-order valence-corrected chi connectivity index (χ3v) is 3.01. The van der Waals surface area contributed by atoms with Crippen molar-refractivity contribution in [2.75, 3.05) is 0 Å². The number of hydrogen-bond acceptors (Lipinski definition) is 4. The normalized spacial score (nSPS) is 10.2. The Morgan fingerprint density at radius 3 is 2.86 bits per heavy atom. The standard InChI is InChI=1S/C16H11N3O2/c17-10-12-5-1-2-6-14(12)21-11-13-9-16(20)19-8-4-3-7-15(19)18-13/h1-9H,11H2. The molecule has 5 nitrogen and oxygen atoms in total. The van der Waals surface area contributed by atoms with Crippen LogP contribution in [0, 0.1) is 11.3 Å². The van der Waals surface area contributed by atoms with Gasteiger partial charge in [0, 0.05) is 12.3 Å². The molecule has 0 saturated carbocycles. The monoisotopic (exact) mass is 277 g/mol. The third-order valence-electron chi connectivity index (χ3n) is 3.01. The van der Waals surface area contributed by atoms with Gasteiger partial charge in [0.1, 0.15) is 24.1 Å². The summed E-state index contributed by atoms with van der Waals surface area (Å²) in [5.74, 6) is 0.482. The molecule has 0 aliphatic carbocycles. The number of nitrogens with zero attached hydrogens (tertiary/aromatic N) is 3. The average molecular weight is 277 g/mol. The van der Waals surface area contributed by atoms with Crippen molar-refractivity contribution < 1.29 is 4.74 Å². The van der Waals surface area contributed by atoms with Gasteiger partial charge in [0.25, 0.3) is 5.56 Å². The minimum absolute atomic E-state index is 0.138. The first kappa shape index (κ1) is 12.9. The van der Waals surface area contributed by atoms with Crippen molar-refractivity contribution in [1.29, 1.82) is 5.26 Å². The number of hydrogen-bond donors (Lipinski definition) is 0. The minimum atomic E-state index is -0.159. The zero-order valence-corrected chi connectivity index (χ0v) is 11.1. The van der Waals surface area contributed by atoms with Crippen LogP contribution in [0.2, 0.25) is 0 Å². The van der Waals surface area contributed by atoms with E-state index in [2.05, 4.69) is 11.1 Å². The number of ether oxygens (including phenoxy) is 1. The SMILES string of the molecule is N#Cc1ccccc1OCc1cc(=O)n2ccccc2n1. The highest BCUT2D eigenvalue weighted by Crippen LogP contribution is 2.17. The average Bonchev–Trinajstić information content (AvgIpc) is 2.53. The van der Waals surface area contributed by atoms with E-state index in [1.807, 2.05) is 6.07 Å². The van der Waals surface area contributed by atoms with Gasteiger partial charge in [0.2, 0.25) is 0 Å². The topological polar surface area (TPSA) is 67.4 Å². The smallest absolute Gasteiger partial charge is 0.258 e.